The van der Waals surface area contributed by atoms with E-state index in [1.807, 2.05) is 12.1 Å². The van der Waals surface area contributed by atoms with E-state index in [0.717, 1.165) is 41.9 Å². The molecule has 5 aromatic rings. The van der Waals surface area contributed by atoms with E-state index in [1.54, 1.807) is 24.3 Å². The number of carbonyl (C=O) groups is 1. The fraction of sp³-hybridized carbons (Fsp3) is 0.286. The number of thiazole rings is 1. The van der Waals surface area contributed by atoms with Crippen molar-refractivity contribution in [2.75, 3.05) is 18.0 Å². The highest BCUT2D eigenvalue weighted by atomic mass is 32.1. The molecule has 0 unspecified atom stereocenters. The lowest BCUT2D eigenvalue weighted by molar-refractivity contribution is -0.132. The number of nitrogens with zero attached hydrogens (tertiary/aromatic N) is 4. The van der Waals surface area contributed by atoms with Crippen LogP contribution in [0.15, 0.2) is 55.6 Å². The second-order valence-corrected chi connectivity index (χ2v) is 13.9. The van der Waals surface area contributed by atoms with Crippen molar-refractivity contribution in [3.8, 4) is 34.0 Å². The van der Waals surface area contributed by atoms with Crippen molar-refractivity contribution in [2.45, 2.75) is 51.4 Å². The minimum absolute atomic E-state index is 0.108. The predicted octanol–water partition coefficient (Wildman–Crippen LogP) is 7.36. The largest absolute Gasteiger partial charge is 0.477 e. The minimum Gasteiger partial charge on any atom is -0.477 e. The van der Waals surface area contributed by atoms with Crippen LogP contribution in [0.5, 0.6) is 0 Å². The molecular formula is C35H28N4O5S. The van der Waals surface area contributed by atoms with Gasteiger partial charge in [0.2, 0.25) is 0 Å². The molecule has 2 aliphatic heterocycles. The Labute approximate surface area is 262 Å². The molecule has 0 radical (unpaired) electrons. The summed E-state index contributed by atoms with van der Waals surface area (Å²) in [5, 5.41) is 29.8. The Kier molecular flexibility index (Phi) is 6.29. The first kappa shape index (κ1) is 28.6. The summed E-state index contributed by atoms with van der Waals surface area (Å²) in [6.45, 7) is 10.7. The van der Waals surface area contributed by atoms with Crippen molar-refractivity contribution >= 4 is 50.3 Å². The first-order chi connectivity index (χ1) is 21.4. The van der Waals surface area contributed by atoms with E-state index in [-0.39, 0.29) is 27.7 Å². The monoisotopic (exact) mass is 616 g/mol. The van der Waals surface area contributed by atoms with Gasteiger partial charge in [-0.1, -0.05) is 27.7 Å². The molecule has 0 fully saturated rings. The molecule has 224 valence electrons. The number of benzene rings is 2. The summed E-state index contributed by atoms with van der Waals surface area (Å²) in [7, 11) is 0. The van der Waals surface area contributed by atoms with Crippen LogP contribution in [0, 0.1) is 22.7 Å². The summed E-state index contributed by atoms with van der Waals surface area (Å²) < 4.78 is 12.7. The smallest absolute Gasteiger partial charge is 0.348 e. The fourth-order valence-corrected chi connectivity index (χ4v) is 7.63. The molecule has 0 atom stereocenters. The normalized spacial score (nSPS) is 16.8. The van der Waals surface area contributed by atoms with Gasteiger partial charge in [0.25, 0.3) is 0 Å². The van der Waals surface area contributed by atoms with Crippen molar-refractivity contribution in [1.82, 2.24) is 4.98 Å². The molecule has 45 heavy (non-hydrogen) atoms. The summed E-state index contributed by atoms with van der Waals surface area (Å²) in [4.78, 5) is 32.1. The number of carboxylic acids is 1. The van der Waals surface area contributed by atoms with Crippen LogP contribution in [0.1, 0.15) is 63.0 Å². The molecule has 7 rings (SSSR count). The predicted molar refractivity (Wildman–Crippen MR) is 172 cm³/mol. The second kappa shape index (κ2) is 9.91. The van der Waals surface area contributed by atoms with Gasteiger partial charge in [-0.05, 0) is 65.6 Å². The Hall–Kier alpha value is -5.19. The maximum absolute atomic E-state index is 13.8. The van der Waals surface area contributed by atoms with E-state index in [9.17, 15) is 14.9 Å². The molecule has 0 amide bonds. The number of carboxylic acid groups (broad SMARTS) is 1. The van der Waals surface area contributed by atoms with E-state index < -0.39 is 17.2 Å². The maximum Gasteiger partial charge on any atom is 0.348 e. The topological polar surface area (TPSA) is 144 Å². The molecule has 1 N–H and O–H groups in total. The Balaban J connectivity index is 1.39. The van der Waals surface area contributed by atoms with Gasteiger partial charge in [0.1, 0.15) is 45.4 Å². The fourth-order valence-electron chi connectivity index (χ4n) is 6.59. The third-order valence-corrected chi connectivity index (χ3v) is 10.2. The van der Waals surface area contributed by atoms with Crippen molar-refractivity contribution in [2.24, 2.45) is 0 Å². The van der Waals surface area contributed by atoms with E-state index in [0.29, 0.717) is 32.8 Å². The highest BCUT2D eigenvalue weighted by molar-refractivity contribution is 7.21. The van der Waals surface area contributed by atoms with Gasteiger partial charge in [-0.2, -0.15) is 10.5 Å². The van der Waals surface area contributed by atoms with Gasteiger partial charge in [-0.15, -0.1) is 11.3 Å². The molecule has 2 aliphatic rings. The van der Waals surface area contributed by atoms with Gasteiger partial charge in [-0.25, -0.2) is 14.6 Å². The molecule has 0 saturated carbocycles. The molecule has 0 saturated heterocycles. The molecule has 9 nitrogen and oxygen atoms in total. The van der Waals surface area contributed by atoms with Gasteiger partial charge < -0.3 is 18.8 Å². The molecule has 2 aromatic carbocycles. The zero-order chi connectivity index (χ0) is 31.8. The number of nitriles is 2. The average Bonchev–Trinajstić information content (AvgIpc) is 3.64. The zero-order valence-corrected chi connectivity index (χ0v) is 26.0. The van der Waals surface area contributed by atoms with Gasteiger partial charge in [0, 0.05) is 41.4 Å². The van der Waals surface area contributed by atoms with Crippen molar-refractivity contribution in [3.05, 3.63) is 74.8 Å². The van der Waals surface area contributed by atoms with Crippen molar-refractivity contribution in [3.63, 3.8) is 0 Å². The quantitative estimate of drug-likeness (QED) is 0.124. The van der Waals surface area contributed by atoms with E-state index in [4.69, 9.17) is 24.2 Å². The van der Waals surface area contributed by atoms with Gasteiger partial charge in [0.05, 0.1) is 15.8 Å². The third-order valence-electron chi connectivity index (χ3n) is 9.17. The molecule has 0 bridgehead atoms. The molecule has 5 heterocycles. The van der Waals surface area contributed by atoms with Crippen LogP contribution in [0.2, 0.25) is 0 Å². The van der Waals surface area contributed by atoms with Crippen molar-refractivity contribution < 1.29 is 18.7 Å². The number of furan rings is 1. The van der Waals surface area contributed by atoms with Crippen LogP contribution in [0.3, 0.4) is 0 Å². The second-order valence-electron chi connectivity index (χ2n) is 12.9. The number of hydrogen-bond donors (Lipinski definition) is 1. The Morgan fingerprint density at radius 1 is 1.07 bits per heavy atom. The molecule has 0 spiro atoms. The highest BCUT2D eigenvalue weighted by Crippen LogP contribution is 2.52. The lowest BCUT2D eigenvalue weighted by Crippen LogP contribution is -2.44. The summed E-state index contributed by atoms with van der Waals surface area (Å²) in [5.41, 5.74) is 4.20. The van der Waals surface area contributed by atoms with E-state index >= 15 is 0 Å². The summed E-state index contributed by atoms with van der Waals surface area (Å²) in [5.74, 6) is -0.628. The number of fused-ring (bicyclic) bond motifs is 3. The van der Waals surface area contributed by atoms with E-state index in [1.165, 1.54) is 23.0 Å². The first-order valence-corrected chi connectivity index (χ1v) is 15.4. The zero-order valence-electron chi connectivity index (χ0n) is 25.1. The first-order valence-electron chi connectivity index (χ1n) is 14.6. The molecule has 0 aliphatic carbocycles. The lowest BCUT2D eigenvalue weighted by Gasteiger charge is -2.48. The highest BCUT2D eigenvalue weighted by Gasteiger charge is 2.42. The summed E-state index contributed by atoms with van der Waals surface area (Å²) in [6.07, 6.45) is 3.07. The summed E-state index contributed by atoms with van der Waals surface area (Å²) in [6, 6.07) is 14.8. The number of anilines is 1. The molecule has 3 aromatic heterocycles. The maximum atomic E-state index is 13.8. The van der Waals surface area contributed by atoms with Crippen LogP contribution in [0.25, 0.3) is 49.2 Å². The Morgan fingerprint density at radius 3 is 2.53 bits per heavy atom. The number of rotatable bonds is 4. The van der Waals surface area contributed by atoms with Gasteiger partial charge >= 0.3 is 11.6 Å². The van der Waals surface area contributed by atoms with Crippen LogP contribution >= 0.6 is 11.3 Å². The summed E-state index contributed by atoms with van der Waals surface area (Å²) >= 11 is 1.28. The number of aromatic nitrogens is 1. The van der Waals surface area contributed by atoms with Crippen LogP contribution in [-0.4, -0.2) is 29.1 Å². The molecule has 10 heteroatoms. The Morgan fingerprint density at radius 2 is 1.82 bits per heavy atom. The molecular weight excluding hydrogens is 588 g/mol. The standard InChI is InChI=1S/C35H28N4O5S/c1-34(2)9-11-39-12-10-35(3,4)28-29(39)23(34)15-21-22(17-37)27(33(42)44-30(21)28)31-38-24-7-5-18(14-26(24)45-31)25-8-6-20(43-25)13-19(16-36)32(40)41/h5-8,13-15H,9-12H2,1-4H3,(H,40,41)/b19-13-. The van der Waals surface area contributed by atoms with Crippen LogP contribution in [0.4, 0.5) is 5.69 Å². The minimum atomic E-state index is -1.34. The lowest BCUT2D eigenvalue weighted by atomic mass is 9.69. The third kappa shape index (κ3) is 4.44. The number of hydrogen-bond acceptors (Lipinski definition) is 9. The average molecular weight is 617 g/mol. The Bertz CT molecular complexity index is 2270. The van der Waals surface area contributed by atoms with Gasteiger partial charge in [0.15, 0.2) is 0 Å². The van der Waals surface area contributed by atoms with Crippen molar-refractivity contribution in [1.29, 1.82) is 10.5 Å². The van der Waals surface area contributed by atoms with Crippen LogP contribution < -0.4 is 10.5 Å². The van der Waals surface area contributed by atoms with E-state index in [2.05, 4.69) is 44.7 Å². The van der Waals surface area contributed by atoms with Gasteiger partial charge in [-0.3, -0.25) is 0 Å². The van der Waals surface area contributed by atoms with Crippen LogP contribution in [-0.2, 0) is 15.6 Å². The SMILES string of the molecule is CC1(C)CCN2CCC(C)(C)c3c2c1cc1c(C#N)c(-c2nc4ccc(-c5ccc(/C=C(/C#N)C(=O)O)o5)cc4s2)c(=O)oc31. The number of aliphatic carboxylic acids is 1.